The van der Waals surface area contributed by atoms with Gasteiger partial charge in [0.25, 0.3) is 0 Å². The van der Waals surface area contributed by atoms with Crippen molar-refractivity contribution in [3.8, 4) is 0 Å². The van der Waals surface area contributed by atoms with Gasteiger partial charge in [-0.25, -0.2) is 0 Å². The topological polar surface area (TPSA) is 69.6 Å². The van der Waals surface area contributed by atoms with Gasteiger partial charge in [-0.15, -0.1) is 0 Å². The monoisotopic (exact) mass is 214 g/mol. The number of hydrogen-bond donors (Lipinski definition) is 2. The minimum Gasteiger partial charge on any atom is -0.480 e. The molecule has 0 aromatic carbocycles. The molecule has 0 bridgehead atoms. The molecule has 1 heterocycles. The van der Waals surface area contributed by atoms with Crippen LogP contribution in [0, 0.1) is 0 Å². The lowest BCUT2D eigenvalue weighted by molar-refractivity contribution is -0.139. The fourth-order valence-electron chi connectivity index (χ4n) is 1.58. The highest BCUT2D eigenvalue weighted by molar-refractivity contribution is 5.79. The second-order valence-corrected chi connectivity index (χ2v) is 3.88. The molecule has 2 N–H and O–H groups in total. The van der Waals surface area contributed by atoms with Crippen LogP contribution in [0.5, 0.6) is 0 Å². The number of carboxylic acid groups (broad SMARTS) is 1. The summed E-state index contributed by atoms with van der Waals surface area (Å²) < 4.78 is 0. The Morgan fingerprint density at radius 1 is 1.33 bits per heavy atom. The van der Waals surface area contributed by atoms with Crippen LogP contribution in [0.25, 0.3) is 0 Å². The molecule has 0 spiro atoms. The Bertz CT molecular complexity index is 237. The molecule has 1 saturated heterocycles. The molecule has 1 unspecified atom stereocenters. The molecular weight excluding hydrogens is 196 g/mol. The lowest BCUT2D eigenvalue weighted by Crippen LogP contribution is -2.45. The van der Waals surface area contributed by atoms with Crippen LogP contribution in [0.2, 0.25) is 0 Å². The molecule has 0 aromatic rings. The maximum Gasteiger partial charge on any atom is 0.320 e. The first-order valence-corrected chi connectivity index (χ1v) is 5.35. The van der Waals surface area contributed by atoms with Gasteiger partial charge in [0.2, 0.25) is 5.91 Å². The van der Waals surface area contributed by atoms with Crippen molar-refractivity contribution in [2.24, 2.45) is 0 Å². The standard InChI is InChI=1S/C10H18N2O3/c1-8(10(14)15)11-7-9(13)12-5-3-2-4-6-12/h8,11H,2-7H2,1H3,(H,14,15). The molecule has 5 heteroatoms. The number of nitrogens with one attached hydrogen (secondary N) is 1. The summed E-state index contributed by atoms with van der Waals surface area (Å²) in [6.07, 6.45) is 3.29. The van der Waals surface area contributed by atoms with Crippen LogP contribution in [-0.4, -0.2) is 47.6 Å². The van der Waals surface area contributed by atoms with Gasteiger partial charge in [-0.05, 0) is 26.2 Å². The normalized spacial score (nSPS) is 18.6. The van der Waals surface area contributed by atoms with Gasteiger partial charge in [-0.3, -0.25) is 14.9 Å². The lowest BCUT2D eigenvalue weighted by atomic mass is 10.1. The van der Waals surface area contributed by atoms with Crippen LogP contribution >= 0.6 is 0 Å². The van der Waals surface area contributed by atoms with Crippen LogP contribution in [0.4, 0.5) is 0 Å². The van der Waals surface area contributed by atoms with Gasteiger partial charge in [-0.2, -0.15) is 0 Å². The molecule has 1 fully saturated rings. The Morgan fingerprint density at radius 2 is 1.93 bits per heavy atom. The van der Waals surface area contributed by atoms with Crippen LogP contribution in [0.15, 0.2) is 0 Å². The van der Waals surface area contributed by atoms with E-state index in [4.69, 9.17) is 5.11 Å². The second kappa shape index (κ2) is 5.70. The van der Waals surface area contributed by atoms with Gasteiger partial charge in [0.15, 0.2) is 0 Å². The van der Waals surface area contributed by atoms with Crippen molar-refractivity contribution in [1.82, 2.24) is 10.2 Å². The molecule has 1 atom stereocenters. The fourth-order valence-corrected chi connectivity index (χ4v) is 1.58. The molecule has 1 amide bonds. The van der Waals surface area contributed by atoms with Crippen molar-refractivity contribution >= 4 is 11.9 Å². The number of carboxylic acids is 1. The Kier molecular flexibility index (Phi) is 4.55. The molecule has 0 radical (unpaired) electrons. The first kappa shape index (κ1) is 12.0. The number of aliphatic carboxylic acids is 1. The van der Waals surface area contributed by atoms with E-state index in [2.05, 4.69) is 5.32 Å². The van der Waals surface area contributed by atoms with Gasteiger partial charge in [0, 0.05) is 13.1 Å². The van der Waals surface area contributed by atoms with Crippen LogP contribution in [-0.2, 0) is 9.59 Å². The fraction of sp³-hybridized carbons (Fsp3) is 0.800. The molecule has 1 rings (SSSR count). The third kappa shape index (κ3) is 3.87. The summed E-state index contributed by atoms with van der Waals surface area (Å²) in [5, 5.41) is 11.3. The van der Waals surface area contributed by atoms with Crippen molar-refractivity contribution in [3.05, 3.63) is 0 Å². The lowest BCUT2D eigenvalue weighted by Gasteiger charge is -2.27. The summed E-state index contributed by atoms with van der Waals surface area (Å²) in [5.74, 6) is -0.927. The van der Waals surface area contributed by atoms with Crippen LogP contribution in [0.1, 0.15) is 26.2 Å². The molecule has 86 valence electrons. The highest BCUT2D eigenvalue weighted by Gasteiger charge is 2.18. The molecule has 1 aliphatic heterocycles. The predicted octanol–water partition coefficient (Wildman–Crippen LogP) is 0.0616. The molecular formula is C10H18N2O3. The quantitative estimate of drug-likeness (QED) is 0.694. The zero-order chi connectivity index (χ0) is 11.3. The van der Waals surface area contributed by atoms with Crippen LogP contribution in [0.3, 0.4) is 0 Å². The summed E-state index contributed by atoms with van der Waals surface area (Å²) in [4.78, 5) is 23.9. The third-order valence-electron chi connectivity index (χ3n) is 2.64. The number of rotatable bonds is 4. The number of hydrogen-bond acceptors (Lipinski definition) is 3. The Morgan fingerprint density at radius 3 is 2.47 bits per heavy atom. The van der Waals surface area contributed by atoms with Gasteiger partial charge in [0.05, 0.1) is 6.54 Å². The van der Waals surface area contributed by atoms with E-state index in [0.29, 0.717) is 0 Å². The summed E-state index contributed by atoms with van der Waals surface area (Å²) in [6, 6.07) is -0.668. The SMILES string of the molecule is CC(NCC(=O)N1CCCCC1)C(=O)O. The minimum atomic E-state index is -0.929. The van der Waals surface area contributed by atoms with Crippen molar-refractivity contribution < 1.29 is 14.7 Å². The Labute approximate surface area is 89.4 Å². The Hall–Kier alpha value is -1.10. The zero-order valence-electron chi connectivity index (χ0n) is 9.03. The highest BCUT2D eigenvalue weighted by atomic mass is 16.4. The molecule has 5 nitrogen and oxygen atoms in total. The number of carbonyl (C=O) groups excluding carboxylic acids is 1. The number of carbonyl (C=O) groups is 2. The number of piperidine rings is 1. The average Bonchev–Trinajstić information content (AvgIpc) is 2.26. The number of likely N-dealkylation sites (tertiary alicyclic amines) is 1. The maximum atomic E-state index is 11.6. The zero-order valence-corrected chi connectivity index (χ0v) is 9.03. The van der Waals surface area contributed by atoms with E-state index >= 15 is 0 Å². The summed E-state index contributed by atoms with van der Waals surface area (Å²) in [5.41, 5.74) is 0. The highest BCUT2D eigenvalue weighted by Crippen LogP contribution is 2.08. The molecule has 0 saturated carbocycles. The third-order valence-corrected chi connectivity index (χ3v) is 2.64. The smallest absolute Gasteiger partial charge is 0.320 e. The first-order valence-electron chi connectivity index (χ1n) is 5.35. The van der Waals surface area contributed by atoms with Crippen molar-refractivity contribution in [2.45, 2.75) is 32.2 Å². The Balaban J connectivity index is 2.25. The maximum absolute atomic E-state index is 11.6. The van der Waals surface area contributed by atoms with E-state index in [0.717, 1.165) is 25.9 Å². The predicted molar refractivity (Wildman–Crippen MR) is 55.5 cm³/mol. The van der Waals surface area contributed by atoms with Gasteiger partial charge in [-0.1, -0.05) is 0 Å². The molecule has 15 heavy (non-hydrogen) atoms. The second-order valence-electron chi connectivity index (χ2n) is 3.88. The number of nitrogens with zero attached hydrogens (tertiary/aromatic N) is 1. The van der Waals surface area contributed by atoms with E-state index in [1.54, 1.807) is 4.90 Å². The van der Waals surface area contributed by atoms with E-state index in [1.165, 1.54) is 13.3 Å². The molecule has 0 aliphatic carbocycles. The van der Waals surface area contributed by atoms with E-state index < -0.39 is 12.0 Å². The van der Waals surface area contributed by atoms with E-state index in [1.807, 2.05) is 0 Å². The first-order chi connectivity index (χ1) is 7.11. The minimum absolute atomic E-state index is 0.00259. The van der Waals surface area contributed by atoms with E-state index in [9.17, 15) is 9.59 Å². The van der Waals surface area contributed by atoms with Crippen LogP contribution < -0.4 is 5.32 Å². The summed E-state index contributed by atoms with van der Waals surface area (Å²) in [7, 11) is 0. The van der Waals surface area contributed by atoms with Gasteiger partial charge < -0.3 is 10.0 Å². The average molecular weight is 214 g/mol. The summed E-state index contributed by atoms with van der Waals surface area (Å²) >= 11 is 0. The summed E-state index contributed by atoms with van der Waals surface area (Å²) in [6.45, 7) is 3.27. The van der Waals surface area contributed by atoms with Crippen molar-refractivity contribution in [1.29, 1.82) is 0 Å². The van der Waals surface area contributed by atoms with Gasteiger partial charge in [0.1, 0.15) is 6.04 Å². The molecule has 1 aliphatic rings. The number of amides is 1. The van der Waals surface area contributed by atoms with Crippen molar-refractivity contribution in [3.63, 3.8) is 0 Å². The van der Waals surface area contributed by atoms with E-state index in [-0.39, 0.29) is 12.5 Å². The van der Waals surface area contributed by atoms with Gasteiger partial charge >= 0.3 is 5.97 Å². The van der Waals surface area contributed by atoms with Crippen molar-refractivity contribution in [2.75, 3.05) is 19.6 Å². The largest absolute Gasteiger partial charge is 0.480 e. The molecule has 0 aromatic heterocycles.